The van der Waals surface area contributed by atoms with E-state index in [4.69, 9.17) is 11.6 Å². The molecule has 0 aliphatic rings. The topological polar surface area (TPSA) is 24.9 Å². The zero-order valence-electron chi connectivity index (χ0n) is 9.62. The fourth-order valence-electron chi connectivity index (χ4n) is 1.66. The number of hydrogen-bond donors (Lipinski definition) is 1. The molecule has 0 saturated carbocycles. The number of hydrogen-bond acceptors (Lipinski definition) is 2. The minimum Gasteiger partial charge on any atom is -0.376 e. The molecule has 1 atom stereocenters. The first kappa shape index (κ1) is 13.3. The van der Waals surface area contributed by atoms with Gasteiger partial charge in [-0.15, -0.1) is 0 Å². The first-order valence-electron chi connectivity index (χ1n) is 5.40. The van der Waals surface area contributed by atoms with E-state index in [0.717, 1.165) is 15.9 Å². The highest BCUT2D eigenvalue weighted by molar-refractivity contribution is 9.10. The van der Waals surface area contributed by atoms with Crippen molar-refractivity contribution in [3.05, 3.63) is 57.5 Å². The smallest absolute Gasteiger partial charge is 0.129 e. The number of rotatable bonds is 3. The molecular weight excluding hydrogens is 319 g/mol. The summed E-state index contributed by atoms with van der Waals surface area (Å²) in [4.78, 5) is 4.12. The zero-order chi connectivity index (χ0) is 13.1. The fourth-order valence-corrected chi connectivity index (χ4v) is 2.35. The van der Waals surface area contributed by atoms with Crippen LogP contribution in [0.5, 0.6) is 0 Å². The maximum Gasteiger partial charge on any atom is 0.129 e. The van der Waals surface area contributed by atoms with Crippen LogP contribution >= 0.6 is 27.5 Å². The van der Waals surface area contributed by atoms with Crippen LogP contribution in [0.25, 0.3) is 0 Å². The molecular formula is C13H11BrClFN2. The number of nitrogens with one attached hydrogen (secondary N) is 1. The number of nitrogens with zero attached hydrogens (tertiary/aromatic N) is 1. The highest BCUT2D eigenvalue weighted by atomic mass is 79.9. The number of benzene rings is 1. The molecule has 0 saturated heterocycles. The van der Waals surface area contributed by atoms with Crippen molar-refractivity contribution >= 4 is 33.2 Å². The van der Waals surface area contributed by atoms with Gasteiger partial charge in [-0.1, -0.05) is 17.7 Å². The van der Waals surface area contributed by atoms with Gasteiger partial charge in [0.15, 0.2) is 0 Å². The third-order valence-corrected chi connectivity index (χ3v) is 3.52. The molecule has 2 rings (SSSR count). The molecule has 0 aliphatic carbocycles. The van der Waals surface area contributed by atoms with E-state index in [-0.39, 0.29) is 11.9 Å². The van der Waals surface area contributed by atoms with Crippen LogP contribution in [0.1, 0.15) is 18.5 Å². The van der Waals surface area contributed by atoms with Gasteiger partial charge in [0.25, 0.3) is 0 Å². The van der Waals surface area contributed by atoms with E-state index in [1.165, 1.54) is 12.1 Å². The van der Waals surface area contributed by atoms with Gasteiger partial charge in [-0.3, -0.25) is 0 Å². The molecule has 18 heavy (non-hydrogen) atoms. The fraction of sp³-hybridized carbons (Fsp3) is 0.154. The molecule has 0 bridgehead atoms. The van der Waals surface area contributed by atoms with E-state index in [1.807, 2.05) is 19.1 Å². The maximum atomic E-state index is 13.0. The van der Waals surface area contributed by atoms with Crippen molar-refractivity contribution in [1.82, 2.24) is 4.98 Å². The van der Waals surface area contributed by atoms with Gasteiger partial charge in [-0.2, -0.15) is 0 Å². The Morgan fingerprint density at radius 1 is 1.39 bits per heavy atom. The second-order valence-electron chi connectivity index (χ2n) is 3.87. The highest BCUT2D eigenvalue weighted by Gasteiger charge is 2.11. The van der Waals surface area contributed by atoms with Crippen LogP contribution in [0.15, 0.2) is 41.1 Å². The van der Waals surface area contributed by atoms with Gasteiger partial charge in [0, 0.05) is 11.2 Å². The van der Waals surface area contributed by atoms with Crippen molar-refractivity contribution in [3.63, 3.8) is 0 Å². The Hall–Kier alpha value is -1.13. The normalized spacial score (nSPS) is 12.2. The summed E-state index contributed by atoms with van der Waals surface area (Å²) in [6.07, 6.45) is 1.70. The molecule has 0 radical (unpaired) electrons. The van der Waals surface area contributed by atoms with E-state index in [0.29, 0.717) is 5.02 Å². The number of halogens is 3. The summed E-state index contributed by atoms with van der Waals surface area (Å²) in [5, 5.41) is 3.68. The van der Waals surface area contributed by atoms with Gasteiger partial charge in [-0.25, -0.2) is 9.37 Å². The van der Waals surface area contributed by atoms with E-state index in [1.54, 1.807) is 12.3 Å². The minimum atomic E-state index is -0.335. The molecule has 1 N–H and O–H groups in total. The first-order valence-corrected chi connectivity index (χ1v) is 6.57. The number of aromatic nitrogens is 1. The Morgan fingerprint density at radius 3 is 2.83 bits per heavy atom. The standard InChI is InChI=1S/C13H11BrClFN2/c1-8(10-5-4-9(16)7-11(10)15)18-12-3-2-6-17-13(12)14/h2-8,18H,1H3. The predicted octanol–water partition coefficient (Wildman–Crippen LogP) is 4.81. The zero-order valence-corrected chi connectivity index (χ0v) is 12.0. The monoisotopic (exact) mass is 328 g/mol. The summed E-state index contributed by atoms with van der Waals surface area (Å²) in [6.45, 7) is 1.96. The molecule has 1 aromatic heterocycles. The molecule has 2 aromatic rings. The van der Waals surface area contributed by atoms with Crippen molar-refractivity contribution in [1.29, 1.82) is 0 Å². The van der Waals surface area contributed by atoms with Crippen LogP contribution < -0.4 is 5.32 Å². The summed E-state index contributed by atoms with van der Waals surface area (Å²) >= 11 is 9.38. The predicted molar refractivity (Wildman–Crippen MR) is 75.4 cm³/mol. The van der Waals surface area contributed by atoms with Crippen molar-refractivity contribution in [2.45, 2.75) is 13.0 Å². The second kappa shape index (κ2) is 5.67. The molecule has 1 heterocycles. The molecule has 2 nitrogen and oxygen atoms in total. The lowest BCUT2D eigenvalue weighted by Gasteiger charge is -2.17. The van der Waals surface area contributed by atoms with Gasteiger partial charge >= 0.3 is 0 Å². The molecule has 1 unspecified atom stereocenters. The molecule has 5 heteroatoms. The Labute approximate surface area is 118 Å². The van der Waals surface area contributed by atoms with Gasteiger partial charge in [0.1, 0.15) is 10.4 Å². The average molecular weight is 330 g/mol. The number of anilines is 1. The molecule has 1 aromatic carbocycles. The lowest BCUT2D eigenvalue weighted by Crippen LogP contribution is -2.08. The molecule has 0 spiro atoms. The van der Waals surface area contributed by atoms with Gasteiger partial charge < -0.3 is 5.32 Å². The van der Waals surface area contributed by atoms with Crippen molar-refractivity contribution in [2.24, 2.45) is 0 Å². The van der Waals surface area contributed by atoms with E-state index in [2.05, 4.69) is 26.2 Å². The summed E-state index contributed by atoms with van der Waals surface area (Å²) in [6, 6.07) is 8.10. The summed E-state index contributed by atoms with van der Waals surface area (Å²) in [5.41, 5.74) is 1.71. The van der Waals surface area contributed by atoms with Gasteiger partial charge in [0.05, 0.1) is 11.7 Å². The van der Waals surface area contributed by atoms with Crippen molar-refractivity contribution in [3.8, 4) is 0 Å². The Kier molecular flexibility index (Phi) is 4.19. The Bertz CT molecular complexity index is 562. The van der Waals surface area contributed by atoms with Crippen molar-refractivity contribution in [2.75, 3.05) is 5.32 Å². The summed E-state index contributed by atoms with van der Waals surface area (Å²) < 4.78 is 13.7. The largest absolute Gasteiger partial charge is 0.376 e. The van der Waals surface area contributed by atoms with Crippen LogP contribution in [0.4, 0.5) is 10.1 Å². The lowest BCUT2D eigenvalue weighted by atomic mass is 10.1. The van der Waals surface area contributed by atoms with Crippen LogP contribution in [-0.2, 0) is 0 Å². The van der Waals surface area contributed by atoms with Crippen LogP contribution in [0.3, 0.4) is 0 Å². The van der Waals surface area contributed by atoms with E-state index in [9.17, 15) is 4.39 Å². The third kappa shape index (κ3) is 3.00. The quantitative estimate of drug-likeness (QED) is 0.817. The molecule has 0 aliphatic heterocycles. The summed E-state index contributed by atoms with van der Waals surface area (Å²) in [7, 11) is 0. The number of pyridine rings is 1. The summed E-state index contributed by atoms with van der Waals surface area (Å²) in [5.74, 6) is -0.335. The lowest BCUT2D eigenvalue weighted by molar-refractivity contribution is 0.626. The van der Waals surface area contributed by atoms with E-state index >= 15 is 0 Å². The molecule has 0 amide bonds. The Balaban J connectivity index is 2.22. The van der Waals surface area contributed by atoms with Crippen LogP contribution in [0, 0.1) is 5.82 Å². The highest BCUT2D eigenvalue weighted by Crippen LogP contribution is 2.28. The maximum absolute atomic E-state index is 13.0. The van der Waals surface area contributed by atoms with E-state index < -0.39 is 0 Å². The van der Waals surface area contributed by atoms with Crippen LogP contribution in [-0.4, -0.2) is 4.98 Å². The Morgan fingerprint density at radius 2 is 2.17 bits per heavy atom. The average Bonchev–Trinajstić information content (AvgIpc) is 2.32. The van der Waals surface area contributed by atoms with Gasteiger partial charge in [-0.05, 0) is 52.7 Å². The van der Waals surface area contributed by atoms with Gasteiger partial charge in [0.2, 0.25) is 0 Å². The van der Waals surface area contributed by atoms with Crippen LogP contribution in [0.2, 0.25) is 5.02 Å². The molecule has 0 fully saturated rings. The molecule has 94 valence electrons. The first-order chi connectivity index (χ1) is 8.58. The second-order valence-corrected chi connectivity index (χ2v) is 5.03. The van der Waals surface area contributed by atoms with Crippen molar-refractivity contribution < 1.29 is 4.39 Å². The SMILES string of the molecule is CC(Nc1cccnc1Br)c1ccc(F)cc1Cl. The minimum absolute atomic E-state index is 0.0430. The third-order valence-electron chi connectivity index (χ3n) is 2.56.